The number of carbonyl (C=O) groups excluding carboxylic acids is 2. The number of benzene rings is 1. The Bertz CT molecular complexity index is 923. The highest BCUT2D eigenvalue weighted by Crippen LogP contribution is 2.47. The van der Waals surface area contributed by atoms with E-state index in [1.807, 2.05) is 11.8 Å². The van der Waals surface area contributed by atoms with Crippen LogP contribution in [0.3, 0.4) is 0 Å². The lowest BCUT2D eigenvalue weighted by Gasteiger charge is -2.41. The number of likely N-dealkylation sites (tertiary alicyclic amines) is 1. The molecule has 154 valence electrons. The van der Waals surface area contributed by atoms with Crippen molar-refractivity contribution in [1.29, 1.82) is 0 Å². The Morgan fingerprint density at radius 2 is 1.83 bits per heavy atom. The number of halogens is 1. The molecule has 0 radical (unpaired) electrons. The summed E-state index contributed by atoms with van der Waals surface area (Å²) in [5, 5.41) is 3.36. The third-order valence-corrected chi connectivity index (χ3v) is 6.33. The molecule has 0 spiro atoms. The number of rotatable bonds is 2. The molecule has 1 aliphatic carbocycles. The lowest BCUT2D eigenvalue weighted by Crippen LogP contribution is -2.43. The summed E-state index contributed by atoms with van der Waals surface area (Å²) >= 11 is 0. The number of ketones is 1. The molecule has 2 heterocycles. The van der Waals surface area contributed by atoms with Crippen molar-refractivity contribution in [3.63, 3.8) is 0 Å². The van der Waals surface area contributed by atoms with Gasteiger partial charge in [0.25, 0.3) is 5.91 Å². The smallest absolute Gasteiger partial charge is 0.252 e. The van der Waals surface area contributed by atoms with Gasteiger partial charge in [-0.3, -0.25) is 9.59 Å². The minimum atomic E-state index is -0.648. The summed E-state index contributed by atoms with van der Waals surface area (Å²) in [6.45, 7) is 7.45. The van der Waals surface area contributed by atoms with Crippen LogP contribution in [0.5, 0.6) is 0 Å². The van der Waals surface area contributed by atoms with E-state index in [1.165, 1.54) is 6.07 Å². The highest BCUT2D eigenvalue weighted by Gasteiger charge is 2.44. The van der Waals surface area contributed by atoms with E-state index in [2.05, 4.69) is 19.2 Å². The molecule has 1 atom stereocenters. The average Bonchev–Trinajstić information content (AvgIpc) is 2.66. The quantitative estimate of drug-likeness (QED) is 0.804. The molecular weight excluding hydrogens is 367 g/mol. The lowest BCUT2D eigenvalue weighted by molar-refractivity contribution is -0.128. The van der Waals surface area contributed by atoms with E-state index in [-0.39, 0.29) is 22.9 Å². The molecule has 4 rings (SSSR count). The number of dihydropyridines is 1. The fourth-order valence-electron chi connectivity index (χ4n) is 5.01. The Balaban J connectivity index is 1.85. The molecule has 29 heavy (non-hydrogen) atoms. The molecule has 1 fully saturated rings. The minimum absolute atomic E-state index is 0.00782. The second kappa shape index (κ2) is 7.43. The number of Topliss-reactive ketones (excluding diaryl/α,β-unsaturated/α-hetero) is 1. The first-order chi connectivity index (χ1) is 13.8. The van der Waals surface area contributed by atoms with Crippen LogP contribution in [0.1, 0.15) is 64.4 Å². The molecule has 0 bridgehead atoms. The number of nitrogens with zero attached hydrogens (tertiary/aromatic N) is 1. The van der Waals surface area contributed by atoms with Crippen molar-refractivity contribution in [3.05, 3.63) is 58.2 Å². The topological polar surface area (TPSA) is 49.4 Å². The molecule has 4 nitrogen and oxygen atoms in total. The van der Waals surface area contributed by atoms with Crippen LogP contribution in [0.15, 0.2) is 46.8 Å². The maximum absolute atomic E-state index is 14.9. The van der Waals surface area contributed by atoms with Gasteiger partial charge in [-0.2, -0.15) is 0 Å². The van der Waals surface area contributed by atoms with Gasteiger partial charge in [0.15, 0.2) is 5.78 Å². The predicted molar refractivity (Wildman–Crippen MR) is 110 cm³/mol. The second-order valence-corrected chi connectivity index (χ2v) is 9.30. The van der Waals surface area contributed by atoms with E-state index >= 15 is 0 Å². The monoisotopic (exact) mass is 396 g/mol. The molecule has 0 saturated carbocycles. The van der Waals surface area contributed by atoms with Crippen molar-refractivity contribution in [2.24, 2.45) is 5.41 Å². The largest absolute Gasteiger partial charge is 0.362 e. The van der Waals surface area contributed by atoms with Gasteiger partial charge in [-0.1, -0.05) is 32.0 Å². The number of allylic oxidation sites excluding steroid dienone is 3. The van der Waals surface area contributed by atoms with Crippen LogP contribution < -0.4 is 5.32 Å². The van der Waals surface area contributed by atoms with Crippen LogP contribution in [-0.2, 0) is 9.59 Å². The first-order valence-electron chi connectivity index (χ1n) is 10.6. The van der Waals surface area contributed by atoms with E-state index in [9.17, 15) is 14.0 Å². The Labute approximate surface area is 171 Å². The zero-order valence-corrected chi connectivity index (χ0v) is 17.5. The van der Waals surface area contributed by atoms with Crippen molar-refractivity contribution in [3.8, 4) is 0 Å². The van der Waals surface area contributed by atoms with Crippen molar-refractivity contribution >= 4 is 11.7 Å². The molecule has 5 heteroatoms. The maximum atomic E-state index is 14.9. The van der Waals surface area contributed by atoms with Crippen LogP contribution in [-0.4, -0.2) is 29.7 Å². The van der Waals surface area contributed by atoms with Gasteiger partial charge < -0.3 is 10.2 Å². The predicted octanol–water partition coefficient (Wildman–Crippen LogP) is 4.44. The van der Waals surface area contributed by atoms with Crippen molar-refractivity contribution < 1.29 is 14.0 Å². The van der Waals surface area contributed by atoms with Gasteiger partial charge in [0.05, 0.1) is 0 Å². The zero-order valence-electron chi connectivity index (χ0n) is 17.5. The SMILES string of the molecule is CC1=C(C(=O)N2CCCCC2)[C@H](c2ccccc2F)C2=C(CC(C)(C)CC2=O)N1. The van der Waals surface area contributed by atoms with Gasteiger partial charge in [0.1, 0.15) is 5.82 Å². The Kier molecular flexibility index (Phi) is 5.09. The van der Waals surface area contributed by atoms with Gasteiger partial charge in [0.2, 0.25) is 0 Å². The summed E-state index contributed by atoms with van der Waals surface area (Å²) in [6, 6.07) is 6.53. The Morgan fingerprint density at radius 3 is 2.52 bits per heavy atom. The maximum Gasteiger partial charge on any atom is 0.252 e. The van der Waals surface area contributed by atoms with Gasteiger partial charge >= 0.3 is 0 Å². The van der Waals surface area contributed by atoms with Crippen LogP contribution >= 0.6 is 0 Å². The van der Waals surface area contributed by atoms with E-state index in [1.54, 1.807) is 18.2 Å². The summed E-state index contributed by atoms with van der Waals surface area (Å²) in [6.07, 6.45) is 4.21. The van der Waals surface area contributed by atoms with E-state index in [0.29, 0.717) is 42.6 Å². The third-order valence-electron chi connectivity index (χ3n) is 6.33. The van der Waals surface area contributed by atoms with Crippen molar-refractivity contribution in [2.45, 2.75) is 58.8 Å². The van der Waals surface area contributed by atoms with Gasteiger partial charge in [-0.15, -0.1) is 0 Å². The summed E-state index contributed by atoms with van der Waals surface area (Å²) in [5.74, 6) is -1.09. The Hall–Kier alpha value is -2.43. The molecule has 1 aromatic carbocycles. The number of nitrogens with one attached hydrogen (secondary N) is 1. The van der Waals surface area contributed by atoms with Crippen LogP contribution in [0.2, 0.25) is 0 Å². The number of amides is 1. The average molecular weight is 397 g/mol. The van der Waals surface area contributed by atoms with Gasteiger partial charge in [-0.05, 0) is 44.1 Å². The molecule has 0 unspecified atom stereocenters. The zero-order chi connectivity index (χ0) is 20.8. The molecule has 0 aromatic heterocycles. The number of piperidine rings is 1. The molecule has 3 aliphatic rings. The highest BCUT2D eigenvalue weighted by atomic mass is 19.1. The normalized spacial score (nSPS) is 24.3. The van der Waals surface area contributed by atoms with Crippen LogP contribution in [0.4, 0.5) is 4.39 Å². The van der Waals surface area contributed by atoms with Crippen LogP contribution in [0.25, 0.3) is 0 Å². The van der Waals surface area contributed by atoms with E-state index < -0.39 is 5.92 Å². The lowest BCUT2D eigenvalue weighted by atomic mass is 9.68. The Morgan fingerprint density at radius 1 is 1.14 bits per heavy atom. The minimum Gasteiger partial charge on any atom is -0.362 e. The molecule has 1 aromatic rings. The first-order valence-corrected chi connectivity index (χ1v) is 10.6. The molecule has 2 aliphatic heterocycles. The standard InChI is InChI=1S/C24H29FN2O2/c1-15-20(23(29)27-11-7-4-8-12-27)21(16-9-5-6-10-17(16)25)22-18(26-15)13-24(2,3)14-19(22)28/h5-6,9-10,21,26H,4,7-8,11-14H2,1-3H3/t21-/m0/s1. The summed E-state index contributed by atoms with van der Waals surface area (Å²) in [5.41, 5.74) is 2.92. The number of carbonyl (C=O) groups is 2. The number of hydrogen-bond acceptors (Lipinski definition) is 3. The molecule has 1 saturated heterocycles. The molecular formula is C24H29FN2O2. The second-order valence-electron chi connectivity index (χ2n) is 9.30. The van der Waals surface area contributed by atoms with E-state index in [4.69, 9.17) is 0 Å². The van der Waals surface area contributed by atoms with Crippen molar-refractivity contribution in [2.75, 3.05) is 13.1 Å². The third kappa shape index (κ3) is 3.63. The summed E-state index contributed by atoms with van der Waals surface area (Å²) in [4.78, 5) is 28.6. The highest BCUT2D eigenvalue weighted by molar-refractivity contribution is 6.05. The fraction of sp³-hybridized carbons (Fsp3) is 0.500. The van der Waals surface area contributed by atoms with Gasteiger partial charge in [0, 0.05) is 53.5 Å². The number of hydrogen-bond donors (Lipinski definition) is 1. The fourth-order valence-corrected chi connectivity index (χ4v) is 5.01. The summed E-state index contributed by atoms with van der Waals surface area (Å²) in [7, 11) is 0. The summed E-state index contributed by atoms with van der Waals surface area (Å²) < 4.78 is 14.9. The van der Waals surface area contributed by atoms with Crippen molar-refractivity contribution in [1.82, 2.24) is 10.2 Å². The molecule has 1 N–H and O–H groups in total. The van der Waals surface area contributed by atoms with Gasteiger partial charge in [-0.25, -0.2) is 4.39 Å². The molecule has 1 amide bonds. The van der Waals surface area contributed by atoms with Crippen LogP contribution in [0, 0.1) is 11.2 Å². The first kappa shape index (κ1) is 19.9. The van der Waals surface area contributed by atoms with E-state index in [0.717, 1.165) is 30.7 Å².